The number of rotatable bonds is 5. The van der Waals surface area contributed by atoms with E-state index in [2.05, 4.69) is 23.9 Å². The van der Waals surface area contributed by atoms with Crippen LogP contribution in [0.5, 0.6) is 0 Å². The summed E-state index contributed by atoms with van der Waals surface area (Å²) in [5.74, 6) is 0.136. The van der Waals surface area contributed by atoms with Gasteiger partial charge in [0, 0.05) is 26.2 Å². The van der Waals surface area contributed by atoms with Crippen LogP contribution >= 0.6 is 0 Å². The Hall–Kier alpha value is -0.650. The van der Waals surface area contributed by atoms with E-state index >= 15 is 0 Å². The van der Waals surface area contributed by atoms with Crippen molar-refractivity contribution in [2.24, 2.45) is 5.73 Å². The minimum absolute atomic E-state index is 0.136. The number of carbonyl (C=O) groups is 1. The Kier molecular flexibility index (Phi) is 5.63. The Labute approximate surface area is 129 Å². The summed E-state index contributed by atoms with van der Waals surface area (Å²) < 4.78 is 0. The van der Waals surface area contributed by atoms with Crippen molar-refractivity contribution in [1.29, 1.82) is 0 Å². The first kappa shape index (κ1) is 16.7. The van der Waals surface area contributed by atoms with Crippen LogP contribution in [0, 0.1) is 0 Å². The second-order valence-electron chi connectivity index (χ2n) is 7.11. The van der Waals surface area contributed by atoms with E-state index < -0.39 is 5.54 Å². The third kappa shape index (κ3) is 4.18. The smallest absolute Gasteiger partial charge is 0.242 e. The van der Waals surface area contributed by atoms with Crippen molar-refractivity contribution in [2.45, 2.75) is 50.1 Å². The van der Waals surface area contributed by atoms with Crippen LogP contribution in [0.1, 0.15) is 38.5 Å². The van der Waals surface area contributed by atoms with E-state index in [1.807, 2.05) is 11.9 Å². The Morgan fingerprint density at radius 1 is 1.19 bits per heavy atom. The molecule has 1 amide bonds. The summed E-state index contributed by atoms with van der Waals surface area (Å²) in [5.41, 5.74) is 5.68. The molecule has 0 radical (unpaired) electrons. The molecule has 5 heteroatoms. The largest absolute Gasteiger partial charge is 0.343 e. The average Bonchev–Trinajstić information content (AvgIpc) is 2.92. The van der Waals surface area contributed by atoms with Gasteiger partial charge in [-0.25, -0.2) is 0 Å². The van der Waals surface area contributed by atoms with Crippen LogP contribution in [0.4, 0.5) is 0 Å². The number of nitrogens with two attached hydrogens (primary N) is 1. The first-order valence-corrected chi connectivity index (χ1v) is 8.35. The van der Waals surface area contributed by atoms with Crippen LogP contribution in [0.3, 0.4) is 0 Å². The number of likely N-dealkylation sites (N-methyl/N-ethyl adjacent to an activating group) is 2. The summed E-state index contributed by atoms with van der Waals surface area (Å²) in [6.45, 7) is 4.07. The second kappa shape index (κ2) is 7.07. The van der Waals surface area contributed by atoms with Gasteiger partial charge in [-0.2, -0.15) is 0 Å². The van der Waals surface area contributed by atoms with E-state index in [0.29, 0.717) is 6.04 Å². The van der Waals surface area contributed by atoms with Crippen molar-refractivity contribution in [3.8, 4) is 0 Å². The molecule has 2 N–H and O–H groups in total. The maximum absolute atomic E-state index is 12.5. The molecule has 1 heterocycles. The summed E-state index contributed by atoms with van der Waals surface area (Å²) in [5, 5.41) is 0. The zero-order valence-electron chi connectivity index (χ0n) is 14.0. The number of hydrogen-bond donors (Lipinski definition) is 1. The molecule has 0 aromatic carbocycles. The number of nitrogens with zero attached hydrogens (tertiary/aromatic N) is 3. The lowest BCUT2D eigenvalue weighted by Crippen LogP contribution is -2.54. The first-order valence-electron chi connectivity index (χ1n) is 8.35. The molecule has 2 fully saturated rings. The molecule has 21 heavy (non-hydrogen) atoms. The maximum atomic E-state index is 12.5. The van der Waals surface area contributed by atoms with Gasteiger partial charge in [0.05, 0.1) is 5.54 Å². The van der Waals surface area contributed by atoms with Gasteiger partial charge in [-0.1, -0.05) is 12.8 Å². The highest BCUT2D eigenvalue weighted by atomic mass is 16.2. The maximum Gasteiger partial charge on any atom is 0.242 e. The molecule has 0 unspecified atom stereocenters. The number of likely N-dealkylation sites (tertiary alicyclic amines) is 1. The van der Waals surface area contributed by atoms with Crippen molar-refractivity contribution in [3.05, 3.63) is 0 Å². The SMILES string of the molecule is CN1CCC(N(C)CCN(C)C(=O)C2(N)CCCC2)CC1. The van der Waals surface area contributed by atoms with E-state index in [4.69, 9.17) is 5.73 Å². The van der Waals surface area contributed by atoms with Crippen LogP contribution in [-0.2, 0) is 4.79 Å². The summed E-state index contributed by atoms with van der Waals surface area (Å²) in [7, 11) is 6.27. The van der Waals surface area contributed by atoms with Crippen molar-refractivity contribution >= 4 is 5.91 Å². The standard InChI is InChI=1S/C16H32N4O/c1-18-10-6-14(7-11-18)19(2)12-13-20(3)15(21)16(17)8-4-5-9-16/h14H,4-13,17H2,1-3H3. The fourth-order valence-electron chi connectivity index (χ4n) is 3.63. The monoisotopic (exact) mass is 296 g/mol. The lowest BCUT2D eigenvalue weighted by atomic mass is 9.97. The van der Waals surface area contributed by atoms with Crippen LogP contribution in [0.25, 0.3) is 0 Å². The molecule has 1 saturated carbocycles. The van der Waals surface area contributed by atoms with Gasteiger partial charge in [0.15, 0.2) is 0 Å². The fourth-order valence-corrected chi connectivity index (χ4v) is 3.63. The van der Waals surface area contributed by atoms with E-state index in [1.165, 1.54) is 25.9 Å². The predicted octanol–water partition coefficient (Wildman–Crippen LogP) is 0.742. The first-order chi connectivity index (χ1) is 9.92. The molecular weight excluding hydrogens is 264 g/mol. The summed E-state index contributed by atoms with van der Waals surface area (Å²) >= 11 is 0. The Bertz CT molecular complexity index is 346. The molecule has 2 rings (SSSR count). The van der Waals surface area contributed by atoms with Crippen molar-refractivity contribution < 1.29 is 4.79 Å². The molecule has 0 spiro atoms. The van der Waals surface area contributed by atoms with Crippen LogP contribution in [-0.4, -0.2) is 79.5 Å². The van der Waals surface area contributed by atoms with Gasteiger partial charge < -0.3 is 20.4 Å². The van der Waals surface area contributed by atoms with Gasteiger partial charge in [-0.05, 0) is 52.9 Å². The highest BCUT2D eigenvalue weighted by Crippen LogP contribution is 2.28. The highest BCUT2D eigenvalue weighted by Gasteiger charge is 2.38. The number of hydrogen-bond acceptors (Lipinski definition) is 4. The average molecular weight is 296 g/mol. The predicted molar refractivity (Wildman–Crippen MR) is 86.2 cm³/mol. The molecule has 1 saturated heterocycles. The van der Waals surface area contributed by atoms with Crippen LogP contribution < -0.4 is 5.73 Å². The Balaban J connectivity index is 1.75. The minimum Gasteiger partial charge on any atom is -0.343 e. The molecule has 0 bridgehead atoms. The van der Waals surface area contributed by atoms with Gasteiger partial charge in [-0.3, -0.25) is 4.79 Å². The van der Waals surface area contributed by atoms with Gasteiger partial charge in [0.25, 0.3) is 0 Å². The van der Waals surface area contributed by atoms with E-state index in [1.54, 1.807) is 0 Å². The topological polar surface area (TPSA) is 52.8 Å². The van der Waals surface area contributed by atoms with Gasteiger partial charge >= 0.3 is 0 Å². The Morgan fingerprint density at radius 2 is 1.76 bits per heavy atom. The Morgan fingerprint density at radius 3 is 2.33 bits per heavy atom. The number of piperidine rings is 1. The zero-order chi connectivity index (χ0) is 15.5. The minimum atomic E-state index is -0.582. The molecule has 1 aliphatic heterocycles. The highest BCUT2D eigenvalue weighted by molar-refractivity contribution is 5.86. The van der Waals surface area contributed by atoms with Crippen LogP contribution in [0.15, 0.2) is 0 Å². The van der Waals surface area contributed by atoms with Crippen molar-refractivity contribution in [3.63, 3.8) is 0 Å². The number of amides is 1. The molecule has 0 aromatic heterocycles. The number of carbonyl (C=O) groups excluding carboxylic acids is 1. The summed E-state index contributed by atoms with van der Waals surface area (Å²) in [6, 6.07) is 0.656. The van der Waals surface area contributed by atoms with Gasteiger partial charge in [-0.15, -0.1) is 0 Å². The zero-order valence-corrected chi connectivity index (χ0v) is 14.0. The second-order valence-corrected chi connectivity index (χ2v) is 7.11. The van der Waals surface area contributed by atoms with E-state index in [9.17, 15) is 4.79 Å². The van der Waals surface area contributed by atoms with E-state index in [-0.39, 0.29) is 5.91 Å². The summed E-state index contributed by atoms with van der Waals surface area (Å²) in [4.78, 5) is 19.1. The third-order valence-electron chi connectivity index (χ3n) is 5.37. The quantitative estimate of drug-likeness (QED) is 0.813. The van der Waals surface area contributed by atoms with Gasteiger partial charge in [0.2, 0.25) is 5.91 Å². The summed E-state index contributed by atoms with van der Waals surface area (Å²) in [6.07, 6.45) is 6.33. The molecule has 5 nitrogen and oxygen atoms in total. The lowest BCUT2D eigenvalue weighted by molar-refractivity contribution is -0.135. The molecule has 0 atom stereocenters. The van der Waals surface area contributed by atoms with Crippen molar-refractivity contribution in [1.82, 2.24) is 14.7 Å². The molecule has 0 aromatic rings. The van der Waals surface area contributed by atoms with Crippen LogP contribution in [0.2, 0.25) is 0 Å². The van der Waals surface area contributed by atoms with Gasteiger partial charge in [0.1, 0.15) is 0 Å². The van der Waals surface area contributed by atoms with Crippen molar-refractivity contribution in [2.75, 3.05) is 47.3 Å². The third-order valence-corrected chi connectivity index (χ3v) is 5.37. The fraction of sp³-hybridized carbons (Fsp3) is 0.938. The molecular formula is C16H32N4O. The molecule has 122 valence electrons. The van der Waals surface area contributed by atoms with E-state index in [0.717, 1.165) is 38.8 Å². The molecule has 2 aliphatic rings. The lowest BCUT2D eigenvalue weighted by Gasteiger charge is -2.36. The molecule has 1 aliphatic carbocycles. The normalized spacial score (nSPS) is 23.7.